The lowest BCUT2D eigenvalue weighted by Gasteiger charge is -2.36. The molecule has 1 atom stereocenters. The van der Waals surface area contributed by atoms with E-state index in [4.69, 9.17) is 4.74 Å². The summed E-state index contributed by atoms with van der Waals surface area (Å²) in [5.74, 6) is -0.335. The summed E-state index contributed by atoms with van der Waals surface area (Å²) in [6, 6.07) is 7.59. The first-order valence-electron chi connectivity index (χ1n) is 8.04. The number of carbonyl (C=O) groups is 2. The maximum atomic E-state index is 12.1. The molecule has 1 saturated heterocycles. The van der Waals surface area contributed by atoms with E-state index in [1.54, 1.807) is 6.07 Å². The number of hydrogen-bond donors (Lipinski definition) is 1. The quantitative estimate of drug-likeness (QED) is 0.864. The van der Waals surface area contributed by atoms with Crippen LogP contribution in [0.2, 0.25) is 0 Å². The first-order valence-corrected chi connectivity index (χ1v) is 8.04. The van der Waals surface area contributed by atoms with Crippen LogP contribution < -0.4 is 10.2 Å². The van der Waals surface area contributed by atoms with E-state index in [1.165, 1.54) is 7.11 Å². The van der Waals surface area contributed by atoms with Gasteiger partial charge in [-0.25, -0.2) is 9.59 Å². The van der Waals surface area contributed by atoms with Crippen molar-refractivity contribution in [3.8, 4) is 0 Å². The molecule has 1 fully saturated rings. The Morgan fingerprint density at radius 3 is 2.57 bits per heavy atom. The minimum absolute atomic E-state index is 0.00214. The molecule has 126 valence electrons. The van der Waals surface area contributed by atoms with Crippen LogP contribution in [-0.2, 0) is 4.74 Å². The SMILES string of the molecule is CCC(C)NC(=O)N1CCN(c2cccc(C(=O)OC)c2)CC1. The Morgan fingerprint density at radius 2 is 1.96 bits per heavy atom. The predicted molar refractivity (Wildman–Crippen MR) is 89.9 cm³/mol. The second-order valence-electron chi connectivity index (χ2n) is 5.77. The van der Waals surface area contributed by atoms with Gasteiger partial charge in [0.25, 0.3) is 0 Å². The minimum Gasteiger partial charge on any atom is -0.465 e. The van der Waals surface area contributed by atoms with E-state index < -0.39 is 0 Å². The molecule has 6 nitrogen and oxygen atoms in total. The Morgan fingerprint density at radius 1 is 1.26 bits per heavy atom. The summed E-state index contributed by atoms with van der Waals surface area (Å²) < 4.78 is 4.76. The molecular formula is C17H25N3O3. The largest absolute Gasteiger partial charge is 0.465 e. The molecule has 1 aromatic carbocycles. The van der Waals surface area contributed by atoms with Gasteiger partial charge in [-0.15, -0.1) is 0 Å². The molecule has 6 heteroatoms. The number of ether oxygens (including phenoxy) is 1. The lowest BCUT2D eigenvalue weighted by molar-refractivity contribution is 0.0600. The van der Waals surface area contributed by atoms with Crippen LogP contribution in [0.3, 0.4) is 0 Å². The summed E-state index contributed by atoms with van der Waals surface area (Å²) in [5, 5.41) is 2.99. The molecule has 0 saturated carbocycles. The zero-order valence-electron chi connectivity index (χ0n) is 14.0. The zero-order valence-corrected chi connectivity index (χ0v) is 14.0. The molecule has 1 aliphatic rings. The number of benzene rings is 1. The molecule has 1 aromatic rings. The highest BCUT2D eigenvalue weighted by Gasteiger charge is 2.22. The van der Waals surface area contributed by atoms with Gasteiger partial charge in [-0.1, -0.05) is 13.0 Å². The summed E-state index contributed by atoms with van der Waals surface area (Å²) in [5.41, 5.74) is 1.52. The molecular weight excluding hydrogens is 294 g/mol. The highest BCUT2D eigenvalue weighted by Crippen LogP contribution is 2.18. The summed E-state index contributed by atoms with van der Waals surface area (Å²) in [4.78, 5) is 27.8. The van der Waals surface area contributed by atoms with Crippen molar-refractivity contribution in [1.82, 2.24) is 10.2 Å². The van der Waals surface area contributed by atoms with E-state index in [1.807, 2.05) is 30.0 Å². The highest BCUT2D eigenvalue weighted by atomic mass is 16.5. The second-order valence-corrected chi connectivity index (χ2v) is 5.77. The van der Waals surface area contributed by atoms with Crippen molar-refractivity contribution in [2.75, 3.05) is 38.2 Å². The van der Waals surface area contributed by atoms with Crippen LogP contribution in [0.4, 0.5) is 10.5 Å². The van der Waals surface area contributed by atoms with Gasteiger partial charge < -0.3 is 19.9 Å². The lowest BCUT2D eigenvalue weighted by atomic mass is 10.1. The normalized spacial score (nSPS) is 16.0. The first kappa shape index (κ1) is 17.1. The van der Waals surface area contributed by atoms with Crippen LogP contribution in [0.15, 0.2) is 24.3 Å². The van der Waals surface area contributed by atoms with E-state index in [-0.39, 0.29) is 18.0 Å². The van der Waals surface area contributed by atoms with Crippen LogP contribution in [0.1, 0.15) is 30.6 Å². The van der Waals surface area contributed by atoms with Crippen molar-refractivity contribution in [2.45, 2.75) is 26.3 Å². The van der Waals surface area contributed by atoms with Crippen molar-refractivity contribution in [2.24, 2.45) is 0 Å². The molecule has 1 unspecified atom stereocenters. The number of esters is 1. The second kappa shape index (κ2) is 7.85. The lowest BCUT2D eigenvalue weighted by Crippen LogP contribution is -2.53. The van der Waals surface area contributed by atoms with Crippen LogP contribution in [0.25, 0.3) is 0 Å². The van der Waals surface area contributed by atoms with E-state index in [9.17, 15) is 9.59 Å². The predicted octanol–water partition coefficient (Wildman–Crippen LogP) is 2.10. The Kier molecular flexibility index (Phi) is 5.84. The number of nitrogens with zero attached hydrogens (tertiary/aromatic N) is 2. The summed E-state index contributed by atoms with van der Waals surface area (Å²) in [6.45, 7) is 6.90. The molecule has 0 spiro atoms. The average Bonchev–Trinajstić information content (AvgIpc) is 2.61. The van der Waals surface area contributed by atoms with Crippen LogP contribution >= 0.6 is 0 Å². The maximum Gasteiger partial charge on any atom is 0.337 e. The highest BCUT2D eigenvalue weighted by molar-refractivity contribution is 5.90. The van der Waals surface area contributed by atoms with Crippen LogP contribution in [0, 0.1) is 0 Å². The van der Waals surface area contributed by atoms with Gasteiger partial charge >= 0.3 is 12.0 Å². The number of piperazine rings is 1. The Bertz CT molecular complexity index is 554. The number of nitrogens with one attached hydrogen (secondary N) is 1. The van der Waals surface area contributed by atoms with Crippen molar-refractivity contribution in [3.63, 3.8) is 0 Å². The molecule has 1 aliphatic heterocycles. The number of amides is 2. The molecule has 0 bridgehead atoms. The fraction of sp³-hybridized carbons (Fsp3) is 0.529. The van der Waals surface area contributed by atoms with Gasteiger partial charge in [-0.2, -0.15) is 0 Å². The number of methoxy groups -OCH3 is 1. The maximum absolute atomic E-state index is 12.1. The molecule has 23 heavy (non-hydrogen) atoms. The van der Waals surface area contributed by atoms with Crippen molar-refractivity contribution in [1.29, 1.82) is 0 Å². The Balaban J connectivity index is 1.94. The summed E-state index contributed by atoms with van der Waals surface area (Å²) in [6.07, 6.45) is 0.923. The molecule has 1 N–H and O–H groups in total. The first-order chi connectivity index (χ1) is 11.0. The van der Waals surface area contributed by atoms with Gasteiger partial charge in [-0.05, 0) is 31.5 Å². The zero-order chi connectivity index (χ0) is 16.8. The fourth-order valence-electron chi connectivity index (χ4n) is 2.52. The van der Waals surface area contributed by atoms with Crippen LogP contribution in [-0.4, -0.2) is 56.2 Å². The number of rotatable bonds is 4. The van der Waals surface area contributed by atoms with E-state index in [0.717, 1.165) is 25.2 Å². The van der Waals surface area contributed by atoms with Gasteiger partial charge in [0.15, 0.2) is 0 Å². The molecule has 0 aliphatic carbocycles. The number of anilines is 1. The van der Waals surface area contributed by atoms with Gasteiger partial charge in [-0.3, -0.25) is 0 Å². The van der Waals surface area contributed by atoms with E-state index in [0.29, 0.717) is 18.7 Å². The van der Waals surface area contributed by atoms with Crippen molar-refractivity contribution in [3.05, 3.63) is 29.8 Å². The molecule has 1 heterocycles. The fourth-order valence-corrected chi connectivity index (χ4v) is 2.52. The third kappa shape index (κ3) is 4.37. The molecule has 2 rings (SSSR count). The monoisotopic (exact) mass is 319 g/mol. The standard InChI is InChI=1S/C17H25N3O3/c1-4-13(2)18-17(22)20-10-8-19(9-11-20)15-7-5-6-14(12-15)16(21)23-3/h5-7,12-13H,4,8-11H2,1-3H3,(H,18,22). The third-order valence-corrected chi connectivity index (χ3v) is 4.18. The average molecular weight is 319 g/mol. The Hall–Kier alpha value is -2.24. The third-order valence-electron chi connectivity index (χ3n) is 4.18. The molecule has 0 aromatic heterocycles. The van der Waals surface area contributed by atoms with Crippen molar-refractivity contribution >= 4 is 17.7 Å². The van der Waals surface area contributed by atoms with Gasteiger partial charge in [0.05, 0.1) is 12.7 Å². The van der Waals surface area contributed by atoms with Crippen molar-refractivity contribution < 1.29 is 14.3 Å². The number of carbonyl (C=O) groups excluding carboxylic acids is 2. The molecule has 2 amide bonds. The summed E-state index contributed by atoms with van der Waals surface area (Å²) >= 11 is 0. The molecule has 0 radical (unpaired) electrons. The van der Waals surface area contributed by atoms with E-state index >= 15 is 0 Å². The van der Waals surface area contributed by atoms with Gasteiger partial charge in [0.2, 0.25) is 0 Å². The van der Waals surface area contributed by atoms with Crippen LogP contribution in [0.5, 0.6) is 0 Å². The number of hydrogen-bond acceptors (Lipinski definition) is 4. The van der Waals surface area contributed by atoms with Gasteiger partial charge in [0, 0.05) is 37.9 Å². The van der Waals surface area contributed by atoms with Gasteiger partial charge in [0.1, 0.15) is 0 Å². The summed E-state index contributed by atoms with van der Waals surface area (Å²) in [7, 11) is 1.38. The van der Waals surface area contributed by atoms with E-state index in [2.05, 4.69) is 17.1 Å². The Labute approximate surface area is 137 Å². The number of urea groups is 1. The smallest absolute Gasteiger partial charge is 0.337 e. The topological polar surface area (TPSA) is 61.9 Å². The minimum atomic E-state index is -0.335.